The van der Waals surface area contributed by atoms with Gasteiger partial charge in [0.2, 0.25) is 0 Å². The molecule has 0 saturated heterocycles. The molecule has 0 unspecified atom stereocenters. The Labute approximate surface area is 101 Å². The van der Waals surface area contributed by atoms with Crippen molar-refractivity contribution in [2.45, 2.75) is 18.9 Å². The predicted molar refractivity (Wildman–Crippen MR) is 69.0 cm³/mol. The van der Waals surface area contributed by atoms with Crippen molar-refractivity contribution in [3.8, 4) is 0 Å². The van der Waals surface area contributed by atoms with Crippen LogP contribution in [0.25, 0.3) is 10.9 Å². The second-order valence-electron chi connectivity index (χ2n) is 3.60. The minimum Gasteiger partial charge on any atom is -0.349 e. The number of fused-ring (bicyclic) bond motifs is 1. The number of rotatable bonds is 0. The van der Waals surface area contributed by atoms with Gasteiger partial charge in [-0.2, -0.15) is 0 Å². The van der Waals surface area contributed by atoms with Crippen LogP contribution >= 0.6 is 28.6 Å². The molecule has 0 saturated carbocycles. The Bertz CT molecular complexity index is 604. The summed E-state index contributed by atoms with van der Waals surface area (Å²) < 4.78 is 0.893. The van der Waals surface area contributed by atoms with Crippen molar-refractivity contribution in [1.29, 1.82) is 0 Å². The van der Waals surface area contributed by atoms with E-state index in [1.54, 1.807) is 6.92 Å². The number of aromatic nitrogens is 1. The smallest absolute Gasteiger partial charge is 0.193 e. The average molecular weight is 284 g/mol. The van der Waals surface area contributed by atoms with Crippen LogP contribution in [0, 0.1) is 13.8 Å². The lowest BCUT2D eigenvalue weighted by Gasteiger charge is -2.06. The molecule has 1 N–H and O–H groups in total. The molecule has 4 heteroatoms. The second-order valence-corrected chi connectivity index (χ2v) is 4.90. The number of nitrogens with one attached hydrogen (secondary N) is 1. The Balaban J connectivity index is 3.06. The van der Waals surface area contributed by atoms with E-state index >= 15 is 0 Å². The number of aromatic amines is 1. The Morgan fingerprint density at radius 3 is 2.67 bits per heavy atom. The van der Waals surface area contributed by atoms with E-state index in [4.69, 9.17) is 0 Å². The van der Waals surface area contributed by atoms with Crippen LogP contribution < -0.4 is 5.43 Å². The standard InChI is InChI=1S/C11H10BrNOS/c1-5-3-7-9(8(12)4-5)13-11(15)6(2)10(7)14/h3-4H,1-2H3,(H2,13,14,15). The van der Waals surface area contributed by atoms with Gasteiger partial charge in [-0.15, -0.1) is 12.6 Å². The molecular weight excluding hydrogens is 274 g/mol. The molecule has 0 atom stereocenters. The first-order valence-corrected chi connectivity index (χ1v) is 5.76. The van der Waals surface area contributed by atoms with Crippen LogP contribution in [0.4, 0.5) is 0 Å². The van der Waals surface area contributed by atoms with E-state index in [2.05, 4.69) is 33.5 Å². The highest BCUT2D eigenvalue weighted by Crippen LogP contribution is 2.23. The van der Waals surface area contributed by atoms with Crippen molar-refractivity contribution in [1.82, 2.24) is 4.98 Å². The Morgan fingerprint density at radius 2 is 2.00 bits per heavy atom. The van der Waals surface area contributed by atoms with Gasteiger partial charge < -0.3 is 4.98 Å². The van der Waals surface area contributed by atoms with Crippen LogP contribution in [0.15, 0.2) is 26.4 Å². The molecular formula is C11H10BrNOS. The molecule has 2 aromatic rings. The van der Waals surface area contributed by atoms with Crippen molar-refractivity contribution in [2.24, 2.45) is 0 Å². The largest absolute Gasteiger partial charge is 0.349 e. The molecule has 0 amide bonds. The highest BCUT2D eigenvalue weighted by Gasteiger charge is 2.08. The van der Waals surface area contributed by atoms with Crippen molar-refractivity contribution < 1.29 is 0 Å². The van der Waals surface area contributed by atoms with E-state index in [1.165, 1.54) is 0 Å². The normalized spacial score (nSPS) is 10.9. The maximum Gasteiger partial charge on any atom is 0.193 e. The fourth-order valence-corrected chi connectivity index (χ4v) is 2.46. The number of hydrogen-bond acceptors (Lipinski definition) is 2. The number of halogens is 1. The fourth-order valence-electron chi connectivity index (χ4n) is 1.57. The van der Waals surface area contributed by atoms with Gasteiger partial charge in [0.25, 0.3) is 0 Å². The fraction of sp³-hybridized carbons (Fsp3) is 0.182. The van der Waals surface area contributed by atoms with Gasteiger partial charge in [0.1, 0.15) is 0 Å². The summed E-state index contributed by atoms with van der Waals surface area (Å²) in [6.07, 6.45) is 0. The summed E-state index contributed by atoms with van der Waals surface area (Å²) in [5.41, 5.74) is 2.56. The summed E-state index contributed by atoms with van der Waals surface area (Å²) >= 11 is 7.68. The summed E-state index contributed by atoms with van der Waals surface area (Å²) in [5, 5.41) is 1.33. The van der Waals surface area contributed by atoms with Crippen molar-refractivity contribution in [3.63, 3.8) is 0 Å². The Kier molecular flexibility index (Phi) is 2.64. The van der Waals surface area contributed by atoms with Crippen LogP contribution in [0.2, 0.25) is 0 Å². The molecule has 1 aromatic heterocycles. The predicted octanol–water partition coefficient (Wildman–Crippen LogP) is 3.20. The first-order chi connectivity index (χ1) is 7.00. The molecule has 0 spiro atoms. The van der Waals surface area contributed by atoms with E-state index in [1.807, 2.05) is 19.1 Å². The average Bonchev–Trinajstić information content (AvgIpc) is 2.17. The van der Waals surface area contributed by atoms with Gasteiger partial charge >= 0.3 is 0 Å². The zero-order chi connectivity index (χ0) is 11.2. The van der Waals surface area contributed by atoms with Gasteiger partial charge in [0, 0.05) is 15.4 Å². The molecule has 78 valence electrons. The van der Waals surface area contributed by atoms with Crippen molar-refractivity contribution in [3.05, 3.63) is 38.0 Å². The molecule has 2 rings (SSSR count). The van der Waals surface area contributed by atoms with Crippen LogP contribution in [0.5, 0.6) is 0 Å². The minimum atomic E-state index is 0.0400. The maximum atomic E-state index is 12.0. The number of benzene rings is 1. The van der Waals surface area contributed by atoms with E-state index in [-0.39, 0.29) is 5.43 Å². The quantitative estimate of drug-likeness (QED) is 0.715. The van der Waals surface area contributed by atoms with Crippen molar-refractivity contribution in [2.75, 3.05) is 0 Å². The molecule has 1 aromatic carbocycles. The lowest BCUT2D eigenvalue weighted by Crippen LogP contribution is -2.08. The summed E-state index contributed by atoms with van der Waals surface area (Å²) in [4.78, 5) is 15.1. The van der Waals surface area contributed by atoms with E-state index in [0.717, 1.165) is 15.6 Å². The minimum absolute atomic E-state index is 0.0400. The molecule has 0 aliphatic carbocycles. The summed E-state index contributed by atoms with van der Waals surface area (Å²) in [6.45, 7) is 3.74. The van der Waals surface area contributed by atoms with Gasteiger partial charge in [0.15, 0.2) is 5.43 Å². The lowest BCUT2D eigenvalue weighted by molar-refractivity contribution is 1.11. The zero-order valence-electron chi connectivity index (χ0n) is 8.39. The molecule has 0 fully saturated rings. The van der Waals surface area contributed by atoms with E-state index in [9.17, 15) is 4.79 Å². The lowest BCUT2D eigenvalue weighted by atomic mass is 10.1. The van der Waals surface area contributed by atoms with E-state index in [0.29, 0.717) is 16.0 Å². The Hall–Kier alpha value is -0.740. The molecule has 0 bridgehead atoms. The van der Waals surface area contributed by atoms with Gasteiger partial charge in [-0.3, -0.25) is 4.79 Å². The molecule has 1 heterocycles. The first-order valence-electron chi connectivity index (χ1n) is 4.52. The molecule has 0 aliphatic heterocycles. The summed E-state index contributed by atoms with van der Waals surface area (Å²) in [5.74, 6) is 0. The monoisotopic (exact) mass is 283 g/mol. The first kappa shape index (κ1) is 10.8. The van der Waals surface area contributed by atoms with Gasteiger partial charge in [0.05, 0.1) is 10.5 Å². The second kappa shape index (κ2) is 3.68. The molecule has 0 radical (unpaired) electrons. The number of thiol groups is 1. The number of aryl methyl sites for hydroxylation is 1. The zero-order valence-corrected chi connectivity index (χ0v) is 10.9. The number of pyridine rings is 1. The van der Waals surface area contributed by atoms with Crippen molar-refractivity contribution >= 4 is 39.5 Å². The number of hydrogen-bond donors (Lipinski definition) is 2. The highest BCUT2D eigenvalue weighted by atomic mass is 79.9. The van der Waals surface area contributed by atoms with Gasteiger partial charge in [-0.05, 0) is 47.5 Å². The van der Waals surface area contributed by atoms with Crippen LogP contribution in [0.1, 0.15) is 11.1 Å². The third-order valence-electron chi connectivity index (χ3n) is 2.42. The van der Waals surface area contributed by atoms with Gasteiger partial charge in [-0.25, -0.2) is 0 Å². The van der Waals surface area contributed by atoms with Crippen LogP contribution in [0.3, 0.4) is 0 Å². The number of H-pyrrole nitrogens is 1. The third-order valence-corrected chi connectivity index (χ3v) is 3.49. The molecule has 0 aliphatic rings. The summed E-state index contributed by atoms with van der Waals surface area (Å²) in [7, 11) is 0. The van der Waals surface area contributed by atoms with Crippen LogP contribution in [-0.2, 0) is 0 Å². The van der Waals surface area contributed by atoms with Gasteiger partial charge in [-0.1, -0.05) is 0 Å². The SMILES string of the molecule is Cc1cc(Br)c2[nH]c(S)c(C)c(=O)c2c1. The molecule has 15 heavy (non-hydrogen) atoms. The van der Waals surface area contributed by atoms with Crippen LogP contribution in [-0.4, -0.2) is 4.98 Å². The topological polar surface area (TPSA) is 32.9 Å². The summed E-state index contributed by atoms with van der Waals surface area (Å²) in [6, 6.07) is 3.86. The Morgan fingerprint density at radius 1 is 1.33 bits per heavy atom. The highest BCUT2D eigenvalue weighted by molar-refractivity contribution is 9.10. The maximum absolute atomic E-state index is 12.0. The third kappa shape index (κ3) is 1.72. The van der Waals surface area contributed by atoms with E-state index < -0.39 is 0 Å². The molecule has 2 nitrogen and oxygen atoms in total.